The molecular formula is C18H19N3O4. The molecule has 130 valence electrons. The van der Waals surface area contributed by atoms with E-state index < -0.39 is 11.0 Å². The highest BCUT2D eigenvalue weighted by molar-refractivity contribution is 5.68. The Balaban J connectivity index is 1.81. The van der Waals surface area contributed by atoms with Gasteiger partial charge in [-0.15, -0.1) is 0 Å². The topological polar surface area (TPSA) is 93.5 Å². The third kappa shape index (κ3) is 5.65. The van der Waals surface area contributed by atoms with Crippen LogP contribution in [0.4, 0.5) is 16.2 Å². The number of benzene rings is 2. The van der Waals surface area contributed by atoms with Gasteiger partial charge in [-0.25, -0.2) is 4.79 Å². The van der Waals surface area contributed by atoms with Crippen LogP contribution in [0.25, 0.3) is 6.08 Å². The van der Waals surface area contributed by atoms with Gasteiger partial charge in [-0.2, -0.15) is 0 Å². The Morgan fingerprint density at radius 2 is 2.00 bits per heavy atom. The molecule has 0 aliphatic rings. The van der Waals surface area contributed by atoms with Crippen molar-refractivity contribution in [1.82, 2.24) is 5.32 Å². The predicted molar refractivity (Wildman–Crippen MR) is 96.3 cm³/mol. The van der Waals surface area contributed by atoms with Crippen LogP contribution in [0.1, 0.15) is 11.1 Å². The van der Waals surface area contributed by atoms with Gasteiger partial charge < -0.3 is 15.4 Å². The first-order valence-corrected chi connectivity index (χ1v) is 7.67. The first-order valence-electron chi connectivity index (χ1n) is 7.67. The van der Waals surface area contributed by atoms with Gasteiger partial charge in [0.2, 0.25) is 0 Å². The number of nitro groups is 1. The number of hydrogen-bond acceptors (Lipinski definition) is 5. The second-order valence-corrected chi connectivity index (χ2v) is 5.13. The van der Waals surface area contributed by atoms with Gasteiger partial charge in [0, 0.05) is 19.7 Å². The van der Waals surface area contributed by atoms with Gasteiger partial charge in [-0.3, -0.25) is 10.1 Å². The zero-order valence-electron chi connectivity index (χ0n) is 13.8. The Morgan fingerprint density at radius 3 is 2.68 bits per heavy atom. The zero-order valence-corrected chi connectivity index (χ0v) is 13.8. The largest absolute Gasteiger partial charge is 0.445 e. The summed E-state index contributed by atoms with van der Waals surface area (Å²) in [4.78, 5) is 22.2. The van der Waals surface area contributed by atoms with Gasteiger partial charge >= 0.3 is 6.09 Å². The van der Waals surface area contributed by atoms with E-state index in [1.165, 1.54) is 6.07 Å². The van der Waals surface area contributed by atoms with Crippen LogP contribution in [0, 0.1) is 10.1 Å². The molecule has 0 aliphatic carbocycles. The van der Waals surface area contributed by atoms with Crippen LogP contribution in [-0.4, -0.2) is 24.6 Å². The molecule has 0 fully saturated rings. The number of nitrogens with one attached hydrogen (secondary N) is 2. The van der Waals surface area contributed by atoms with E-state index in [1.807, 2.05) is 30.3 Å². The van der Waals surface area contributed by atoms with E-state index in [0.717, 1.165) is 5.56 Å². The Bertz CT molecular complexity index is 760. The van der Waals surface area contributed by atoms with Crippen molar-refractivity contribution in [1.29, 1.82) is 0 Å². The minimum atomic E-state index is -0.523. The first-order chi connectivity index (χ1) is 12.1. The number of hydrogen-bond donors (Lipinski definition) is 2. The molecule has 0 saturated heterocycles. The third-order valence-corrected chi connectivity index (χ3v) is 3.38. The number of nitrogens with zero attached hydrogens (tertiary/aromatic N) is 1. The quantitative estimate of drug-likeness (QED) is 0.593. The molecule has 2 aromatic carbocycles. The number of alkyl carbamates (subject to hydrolysis) is 1. The number of carbonyl (C=O) groups is 1. The van der Waals surface area contributed by atoms with E-state index in [2.05, 4.69) is 10.6 Å². The normalized spacial score (nSPS) is 10.4. The van der Waals surface area contributed by atoms with Gasteiger partial charge in [0.1, 0.15) is 12.3 Å². The number of anilines is 1. The van der Waals surface area contributed by atoms with E-state index in [4.69, 9.17) is 4.74 Å². The van der Waals surface area contributed by atoms with Crippen molar-refractivity contribution in [2.24, 2.45) is 0 Å². The molecule has 0 heterocycles. The lowest BCUT2D eigenvalue weighted by Gasteiger charge is -2.05. The SMILES string of the molecule is CNc1ccc(C=CCNC(=O)OCc2ccccc2)cc1[N+](=O)[O-]. The molecular weight excluding hydrogens is 322 g/mol. The van der Waals surface area contributed by atoms with Crippen molar-refractivity contribution >= 4 is 23.5 Å². The van der Waals surface area contributed by atoms with Crippen molar-refractivity contribution in [3.8, 4) is 0 Å². The molecule has 0 unspecified atom stereocenters. The van der Waals surface area contributed by atoms with Crippen molar-refractivity contribution in [3.63, 3.8) is 0 Å². The highest BCUT2D eigenvalue weighted by Crippen LogP contribution is 2.25. The monoisotopic (exact) mass is 341 g/mol. The average molecular weight is 341 g/mol. The Kier molecular flexibility index (Phi) is 6.53. The number of carbonyl (C=O) groups excluding carboxylic acids is 1. The maximum absolute atomic E-state index is 11.6. The van der Waals surface area contributed by atoms with Gasteiger partial charge in [0.15, 0.2) is 0 Å². The first kappa shape index (κ1) is 18.0. The fourth-order valence-electron chi connectivity index (χ4n) is 2.13. The van der Waals surface area contributed by atoms with Gasteiger partial charge in [0.05, 0.1) is 4.92 Å². The lowest BCUT2D eigenvalue weighted by atomic mass is 10.1. The average Bonchev–Trinajstić information content (AvgIpc) is 2.64. The van der Waals surface area contributed by atoms with Crippen LogP contribution in [0.2, 0.25) is 0 Å². The highest BCUT2D eigenvalue weighted by atomic mass is 16.6. The Labute approximate surface area is 145 Å². The van der Waals surface area contributed by atoms with Crippen molar-refractivity contribution in [3.05, 3.63) is 75.8 Å². The lowest BCUT2D eigenvalue weighted by molar-refractivity contribution is -0.383. The summed E-state index contributed by atoms with van der Waals surface area (Å²) >= 11 is 0. The Morgan fingerprint density at radius 1 is 1.24 bits per heavy atom. The summed E-state index contributed by atoms with van der Waals surface area (Å²) in [5, 5.41) is 16.4. The molecule has 2 aromatic rings. The maximum atomic E-state index is 11.6. The molecule has 7 nitrogen and oxygen atoms in total. The molecule has 0 saturated carbocycles. The smallest absolute Gasteiger partial charge is 0.407 e. The molecule has 25 heavy (non-hydrogen) atoms. The summed E-state index contributed by atoms with van der Waals surface area (Å²) < 4.78 is 5.08. The molecule has 2 N–H and O–H groups in total. The van der Waals surface area contributed by atoms with Crippen molar-refractivity contribution in [2.45, 2.75) is 6.61 Å². The van der Waals surface area contributed by atoms with E-state index >= 15 is 0 Å². The van der Waals surface area contributed by atoms with E-state index in [9.17, 15) is 14.9 Å². The summed E-state index contributed by atoms with van der Waals surface area (Å²) in [5.41, 5.74) is 2.03. The van der Waals surface area contributed by atoms with Gasteiger partial charge in [0.25, 0.3) is 5.69 Å². The molecule has 1 amide bonds. The highest BCUT2D eigenvalue weighted by Gasteiger charge is 2.12. The van der Waals surface area contributed by atoms with Crippen LogP contribution in [-0.2, 0) is 11.3 Å². The van der Waals surface area contributed by atoms with Gasteiger partial charge in [-0.1, -0.05) is 48.6 Å². The van der Waals surface area contributed by atoms with E-state index in [-0.39, 0.29) is 18.8 Å². The molecule has 0 bridgehead atoms. The van der Waals surface area contributed by atoms with Crippen molar-refractivity contribution < 1.29 is 14.5 Å². The summed E-state index contributed by atoms with van der Waals surface area (Å²) in [5.74, 6) is 0. The number of amides is 1. The van der Waals surface area contributed by atoms with E-state index in [0.29, 0.717) is 11.3 Å². The fraction of sp³-hybridized carbons (Fsp3) is 0.167. The summed E-state index contributed by atoms with van der Waals surface area (Å²) in [7, 11) is 1.63. The standard InChI is InChI=1S/C18H19N3O4/c1-19-16-10-9-14(12-17(16)21(23)24)8-5-11-20-18(22)25-13-15-6-3-2-4-7-15/h2-10,12,19H,11,13H2,1H3,(H,20,22). The molecule has 0 aliphatic heterocycles. The lowest BCUT2D eigenvalue weighted by Crippen LogP contribution is -2.24. The summed E-state index contributed by atoms with van der Waals surface area (Å²) in [6.45, 7) is 0.462. The number of rotatable bonds is 7. The Hall–Kier alpha value is -3.35. The molecule has 7 heteroatoms. The molecule has 0 radical (unpaired) electrons. The third-order valence-electron chi connectivity index (χ3n) is 3.38. The molecule has 0 aromatic heterocycles. The minimum absolute atomic E-state index is 0.000111. The van der Waals surface area contributed by atoms with Crippen LogP contribution in [0.5, 0.6) is 0 Å². The maximum Gasteiger partial charge on any atom is 0.407 e. The summed E-state index contributed by atoms with van der Waals surface area (Å²) in [6.07, 6.45) is 2.87. The molecule has 0 atom stereocenters. The van der Waals surface area contributed by atoms with Crippen LogP contribution in [0.3, 0.4) is 0 Å². The predicted octanol–water partition coefficient (Wildman–Crippen LogP) is 3.58. The molecule has 2 rings (SSSR count). The van der Waals surface area contributed by atoms with Crippen LogP contribution < -0.4 is 10.6 Å². The van der Waals surface area contributed by atoms with Crippen LogP contribution in [0.15, 0.2) is 54.6 Å². The van der Waals surface area contributed by atoms with Gasteiger partial charge in [-0.05, 0) is 17.2 Å². The molecule has 0 spiro atoms. The fourth-order valence-corrected chi connectivity index (χ4v) is 2.13. The van der Waals surface area contributed by atoms with Crippen LogP contribution >= 0.6 is 0 Å². The minimum Gasteiger partial charge on any atom is -0.445 e. The van der Waals surface area contributed by atoms with E-state index in [1.54, 1.807) is 31.3 Å². The number of nitro benzene ring substituents is 1. The number of ether oxygens (including phenoxy) is 1. The summed E-state index contributed by atoms with van der Waals surface area (Å²) in [6, 6.07) is 14.2. The second-order valence-electron chi connectivity index (χ2n) is 5.13. The second kappa shape index (κ2) is 9.07. The zero-order chi connectivity index (χ0) is 18.1. The van der Waals surface area contributed by atoms with Crippen molar-refractivity contribution in [2.75, 3.05) is 18.9 Å².